The number of carbonyl (C=O) groups excluding carboxylic acids is 1. The fourth-order valence-electron chi connectivity index (χ4n) is 3.07. The number of hydrogen-bond donors (Lipinski definition) is 2. The van der Waals surface area contributed by atoms with Crippen LogP contribution in [0, 0.1) is 11.8 Å². The lowest BCUT2D eigenvalue weighted by atomic mass is 10.2. The van der Waals surface area contributed by atoms with Crippen molar-refractivity contribution >= 4 is 17.4 Å². The molecule has 0 radical (unpaired) electrons. The summed E-state index contributed by atoms with van der Waals surface area (Å²) in [6, 6.07) is 4.93. The molecule has 4 heterocycles. The van der Waals surface area contributed by atoms with Crippen molar-refractivity contribution in [2.45, 2.75) is 12.3 Å². The van der Waals surface area contributed by atoms with Gasteiger partial charge in [0.05, 0.1) is 37.3 Å². The molecule has 0 aromatic carbocycles. The van der Waals surface area contributed by atoms with Crippen molar-refractivity contribution in [3.63, 3.8) is 0 Å². The Balaban J connectivity index is 1.44. The van der Waals surface area contributed by atoms with E-state index in [1.807, 2.05) is 0 Å². The second-order valence-corrected chi connectivity index (χ2v) is 6.90. The Kier molecular flexibility index (Phi) is 5.49. The molecule has 0 atom stereocenters. The number of hydrogen-bond acceptors (Lipinski definition) is 6. The Hall–Kier alpha value is -4.00. The molecular formula is C21H18F2N6O2. The molecule has 4 rings (SSSR count). The van der Waals surface area contributed by atoms with E-state index in [2.05, 4.69) is 37.3 Å². The van der Waals surface area contributed by atoms with Gasteiger partial charge in [0.1, 0.15) is 11.6 Å². The number of nitrogens with one attached hydrogen (secondary N) is 2. The topological polar surface area (TPSA) is 96.0 Å². The number of nitrogens with zero attached hydrogens (tertiary/aromatic N) is 4. The molecular weight excluding hydrogens is 406 g/mol. The van der Waals surface area contributed by atoms with Gasteiger partial charge in [0.2, 0.25) is 0 Å². The Labute approximate surface area is 176 Å². The van der Waals surface area contributed by atoms with Crippen LogP contribution in [0.5, 0.6) is 5.75 Å². The zero-order valence-electron chi connectivity index (χ0n) is 16.5. The van der Waals surface area contributed by atoms with E-state index in [0.29, 0.717) is 28.4 Å². The number of rotatable bonds is 4. The third-order valence-electron chi connectivity index (χ3n) is 4.65. The zero-order chi connectivity index (χ0) is 21.8. The number of carbonyl (C=O) groups is 1. The quantitative estimate of drug-likeness (QED) is 0.626. The molecule has 0 spiro atoms. The predicted molar refractivity (Wildman–Crippen MR) is 109 cm³/mol. The minimum absolute atomic E-state index is 0.117. The SMILES string of the molecule is COc1cncc(C#Cc2c[nH]nc2C(=O)Nc2ccc(N3CCC(F)(F)C3)nc2)c1. The van der Waals surface area contributed by atoms with Crippen molar-refractivity contribution in [1.29, 1.82) is 0 Å². The fourth-order valence-corrected chi connectivity index (χ4v) is 3.07. The molecule has 1 aliphatic heterocycles. The highest BCUT2D eigenvalue weighted by atomic mass is 19.3. The highest BCUT2D eigenvalue weighted by Crippen LogP contribution is 2.30. The molecule has 3 aromatic heterocycles. The first kappa shape index (κ1) is 20.3. The number of amides is 1. The van der Waals surface area contributed by atoms with Crippen LogP contribution in [0.4, 0.5) is 20.3 Å². The van der Waals surface area contributed by atoms with Gasteiger partial charge in [-0.1, -0.05) is 11.8 Å². The summed E-state index contributed by atoms with van der Waals surface area (Å²) in [5.41, 5.74) is 1.56. The minimum atomic E-state index is -2.70. The number of aromatic nitrogens is 4. The van der Waals surface area contributed by atoms with Crippen LogP contribution in [0.3, 0.4) is 0 Å². The van der Waals surface area contributed by atoms with Gasteiger partial charge in [0.25, 0.3) is 11.8 Å². The Morgan fingerprint density at radius 3 is 2.87 bits per heavy atom. The summed E-state index contributed by atoms with van der Waals surface area (Å²) >= 11 is 0. The summed E-state index contributed by atoms with van der Waals surface area (Å²) in [5, 5.41) is 9.28. The number of methoxy groups -OCH3 is 1. The van der Waals surface area contributed by atoms with Crippen molar-refractivity contribution in [2.75, 3.05) is 30.4 Å². The fraction of sp³-hybridized carbons (Fsp3) is 0.238. The Bertz CT molecular complexity index is 1150. The summed E-state index contributed by atoms with van der Waals surface area (Å²) in [5.74, 6) is 3.64. The highest BCUT2D eigenvalue weighted by Gasteiger charge is 2.38. The van der Waals surface area contributed by atoms with Crippen LogP contribution < -0.4 is 15.0 Å². The van der Waals surface area contributed by atoms with E-state index < -0.39 is 11.8 Å². The van der Waals surface area contributed by atoms with E-state index in [1.54, 1.807) is 30.6 Å². The van der Waals surface area contributed by atoms with E-state index in [0.717, 1.165) is 0 Å². The molecule has 0 bridgehead atoms. The van der Waals surface area contributed by atoms with E-state index in [1.165, 1.54) is 24.4 Å². The van der Waals surface area contributed by atoms with Crippen molar-refractivity contribution in [3.05, 3.63) is 59.8 Å². The van der Waals surface area contributed by atoms with Gasteiger partial charge >= 0.3 is 0 Å². The van der Waals surface area contributed by atoms with Crippen molar-refractivity contribution in [1.82, 2.24) is 20.2 Å². The van der Waals surface area contributed by atoms with Gasteiger partial charge in [0, 0.05) is 30.9 Å². The number of pyridine rings is 2. The maximum Gasteiger partial charge on any atom is 0.277 e. The molecule has 1 aliphatic rings. The van der Waals surface area contributed by atoms with Gasteiger partial charge in [-0.2, -0.15) is 5.10 Å². The Morgan fingerprint density at radius 2 is 2.16 bits per heavy atom. The normalized spacial score (nSPS) is 14.6. The second-order valence-electron chi connectivity index (χ2n) is 6.90. The molecule has 0 saturated carbocycles. The molecule has 1 amide bonds. The molecule has 1 saturated heterocycles. The van der Waals surface area contributed by atoms with Crippen LogP contribution in [-0.4, -0.2) is 52.2 Å². The monoisotopic (exact) mass is 424 g/mol. The molecule has 2 N–H and O–H groups in total. The lowest BCUT2D eigenvalue weighted by Gasteiger charge is -2.17. The lowest BCUT2D eigenvalue weighted by Crippen LogP contribution is -2.25. The molecule has 10 heteroatoms. The zero-order valence-corrected chi connectivity index (χ0v) is 16.5. The number of halogens is 2. The van der Waals surface area contributed by atoms with Crippen LogP contribution in [0.15, 0.2) is 43.0 Å². The van der Waals surface area contributed by atoms with Crippen molar-refractivity contribution in [3.8, 4) is 17.6 Å². The number of ether oxygens (including phenoxy) is 1. The van der Waals surface area contributed by atoms with E-state index in [-0.39, 0.29) is 25.2 Å². The summed E-state index contributed by atoms with van der Waals surface area (Å²) in [6.45, 7) is -0.117. The van der Waals surface area contributed by atoms with E-state index in [9.17, 15) is 13.6 Å². The minimum Gasteiger partial charge on any atom is -0.495 e. The largest absolute Gasteiger partial charge is 0.495 e. The van der Waals surface area contributed by atoms with E-state index in [4.69, 9.17) is 4.74 Å². The molecule has 8 nitrogen and oxygen atoms in total. The van der Waals surface area contributed by atoms with Gasteiger partial charge in [0.15, 0.2) is 5.69 Å². The van der Waals surface area contributed by atoms with Crippen LogP contribution in [0.2, 0.25) is 0 Å². The van der Waals surface area contributed by atoms with Gasteiger partial charge in [-0.05, 0) is 18.2 Å². The summed E-state index contributed by atoms with van der Waals surface area (Å²) in [6.07, 6.45) is 5.89. The van der Waals surface area contributed by atoms with Crippen molar-refractivity contribution < 1.29 is 18.3 Å². The van der Waals surface area contributed by atoms with E-state index >= 15 is 0 Å². The first-order chi connectivity index (χ1) is 14.9. The summed E-state index contributed by atoms with van der Waals surface area (Å²) < 4.78 is 31.9. The Morgan fingerprint density at radius 1 is 1.29 bits per heavy atom. The first-order valence-electron chi connectivity index (χ1n) is 9.38. The average Bonchev–Trinajstić information content (AvgIpc) is 3.39. The summed E-state index contributed by atoms with van der Waals surface area (Å²) in [4.78, 5) is 22.3. The smallest absolute Gasteiger partial charge is 0.277 e. The maximum absolute atomic E-state index is 13.4. The molecule has 31 heavy (non-hydrogen) atoms. The molecule has 3 aromatic rings. The first-order valence-corrected chi connectivity index (χ1v) is 9.38. The third-order valence-corrected chi connectivity index (χ3v) is 4.65. The highest BCUT2D eigenvalue weighted by molar-refractivity contribution is 6.04. The van der Waals surface area contributed by atoms with Gasteiger partial charge in [-0.15, -0.1) is 0 Å². The average molecular weight is 424 g/mol. The second kappa shape index (κ2) is 8.39. The lowest BCUT2D eigenvalue weighted by molar-refractivity contribution is 0.0256. The van der Waals surface area contributed by atoms with Crippen LogP contribution in [-0.2, 0) is 0 Å². The number of anilines is 2. The van der Waals surface area contributed by atoms with Gasteiger partial charge < -0.3 is 15.0 Å². The number of H-pyrrole nitrogens is 1. The standard InChI is InChI=1S/C21H18F2N6O2/c1-31-17-8-14(9-24-12-17)2-3-15-10-26-28-19(15)20(30)27-16-4-5-18(25-11-16)29-7-6-21(22,23)13-29/h4-5,8-12H,6-7,13H2,1H3,(H,26,28)(H,27,30). The van der Waals surface area contributed by atoms with Gasteiger partial charge in [-0.25, -0.2) is 13.8 Å². The molecule has 158 valence electrons. The number of alkyl halides is 2. The van der Waals surface area contributed by atoms with Crippen LogP contribution >= 0.6 is 0 Å². The third kappa shape index (κ3) is 4.78. The predicted octanol–water partition coefficient (Wildman–Crippen LogP) is 2.71. The van der Waals surface area contributed by atoms with Gasteiger partial charge in [-0.3, -0.25) is 14.9 Å². The van der Waals surface area contributed by atoms with Crippen LogP contribution in [0.25, 0.3) is 0 Å². The maximum atomic E-state index is 13.4. The van der Waals surface area contributed by atoms with Crippen molar-refractivity contribution in [2.24, 2.45) is 0 Å². The molecule has 0 unspecified atom stereocenters. The molecule has 0 aliphatic carbocycles. The summed E-state index contributed by atoms with van der Waals surface area (Å²) in [7, 11) is 1.54. The van der Waals surface area contributed by atoms with Crippen LogP contribution in [0.1, 0.15) is 28.0 Å². The number of aromatic amines is 1. The molecule has 1 fully saturated rings.